The van der Waals surface area contributed by atoms with E-state index in [1.165, 1.54) is 0 Å². The van der Waals surface area contributed by atoms with Crippen molar-refractivity contribution in [1.29, 1.82) is 0 Å². The zero-order valence-electron chi connectivity index (χ0n) is 8.16. The summed E-state index contributed by atoms with van der Waals surface area (Å²) in [6, 6.07) is 0. The van der Waals surface area contributed by atoms with Crippen molar-refractivity contribution in [1.82, 2.24) is 0 Å². The van der Waals surface area contributed by atoms with Gasteiger partial charge in [0.2, 0.25) is 0 Å². The molecule has 0 saturated heterocycles. The summed E-state index contributed by atoms with van der Waals surface area (Å²) in [5.74, 6) is 0.461. The number of aliphatic carboxylic acids is 1. The van der Waals surface area contributed by atoms with Crippen molar-refractivity contribution >= 4 is 5.97 Å². The minimum absolute atomic E-state index is 0.241. The molecule has 0 radical (unpaired) electrons. The third-order valence-electron chi connectivity index (χ3n) is 3.86. The lowest BCUT2D eigenvalue weighted by molar-refractivity contribution is -0.154. The molecule has 0 aromatic heterocycles. The minimum atomic E-state index is -0.598. The third kappa shape index (κ3) is 0.976. The molecule has 0 aliphatic heterocycles. The number of hydrogen-bond acceptors (Lipinski definition) is 1. The molecule has 0 amide bonds. The Hall–Kier alpha value is -0.790. The smallest absolute Gasteiger partial charge is 0.310 e. The molecule has 0 unspecified atom stereocenters. The lowest BCUT2D eigenvalue weighted by atomic mass is 9.68. The summed E-state index contributed by atoms with van der Waals surface area (Å²) in [6.07, 6.45) is 6.21. The highest BCUT2D eigenvalue weighted by Crippen LogP contribution is 2.55. The molecule has 2 nitrogen and oxygen atoms in total. The van der Waals surface area contributed by atoms with Crippen LogP contribution in [0, 0.1) is 23.2 Å². The second kappa shape index (κ2) is 2.60. The predicted octanol–water partition coefficient (Wildman–Crippen LogP) is 2.31. The predicted molar refractivity (Wildman–Crippen MR) is 50.3 cm³/mol. The van der Waals surface area contributed by atoms with Gasteiger partial charge in [0.05, 0.1) is 5.41 Å². The van der Waals surface area contributed by atoms with Crippen LogP contribution in [0.15, 0.2) is 12.2 Å². The van der Waals surface area contributed by atoms with Crippen molar-refractivity contribution in [2.75, 3.05) is 0 Å². The molecule has 2 aliphatic rings. The zero-order valence-corrected chi connectivity index (χ0v) is 8.16. The van der Waals surface area contributed by atoms with E-state index in [0.717, 1.165) is 12.8 Å². The van der Waals surface area contributed by atoms with E-state index in [-0.39, 0.29) is 11.8 Å². The first kappa shape index (κ1) is 8.79. The van der Waals surface area contributed by atoms with Crippen molar-refractivity contribution < 1.29 is 9.90 Å². The van der Waals surface area contributed by atoms with E-state index in [1.54, 1.807) is 0 Å². The van der Waals surface area contributed by atoms with Crippen LogP contribution in [0.5, 0.6) is 0 Å². The largest absolute Gasteiger partial charge is 0.481 e. The van der Waals surface area contributed by atoms with Crippen LogP contribution in [-0.2, 0) is 4.79 Å². The maximum Gasteiger partial charge on any atom is 0.310 e. The van der Waals surface area contributed by atoms with Crippen molar-refractivity contribution in [3.05, 3.63) is 12.2 Å². The molecule has 0 heterocycles. The number of fused-ring (bicyclic) bond motifs is 2. The average Bonchev–Trinajstić information content (AvgIpc) is 2.61. The molecule has 1 saturated carbocycles. The molecule has 2 rings (SSSR count). The summed E-state index contributed by atoms with van der Waals surface area (Å²) in [7, 11) is 0. The fraction of sp³-hybridized carbons (Fsp3) is 0.727. The molecule has 0 spiro atoms. The van der Waals surface area contributed by atoms with Gasteiger partial charge in [-0.1, -0.05) is 26.0 Å². The summed E-state index contributed by atoms with van der Waals surface area (Å²) >= 11 is 0. The summed E-state index contributed by atoms with van der Waals surface area (Å²) in [5.41, 5.74) is -0.459. The first-order chi connectivity index (χ1) is 6.07. The highest BCUT2D eigenvalue weighted by molar-refractivity contribution is 5.77. The van der Waals surface area contributed by atoms with Crippen molar-refractivity contribution in [3.8, 4) is 0 Å². The van der Waals surface area contributed by atoms with Crippen molar-refractivity contribution in [2.45, 2.75) is 26.7 Å². The molecular formula is C11H16O2. The van der Waals surface area contributed by atoms with Crippen LogP contribution in [0.4, 0.5) is 0 Å². The third-order valence-corrected chi connectivity index (χ3v) is 3.86. The van der Waals surface area contributed by atoms with Crippen LogP contribution in [0.1, 0.15) is 26.7 Å². The van der Waals surface area contributed by atoms with Crippen molar-refractivity contribution in [3.63, 3.8) is 0 Å². The Morgan fingerprint density at radius 2 is 2.23 bits per heavy atom. The van der Waals surface area contributed by atoms with E-state index in [1.807, 2.05) is 13.8 Å². The van der Waals surface area contributed by atoms with Crippen LogP contribution in [0.25, 0.3) is 0 Å². The van der Waals surface area contributed by atoms with Crippen LogP contribution < -0.4 is 0 Å². The van der Waals surface area contributed by atoms with Crippen LogP contribution in [-0.4, -0.2) is 11.1 Å². The Kier molecular flexibility index (Phi) is 1.76. The molecule has 1 N–H and O–H groups in total. The van der Waals surface area contributed by atoms with E-state index in [9.17, 15) is 9.90 Å². The van der Waals surface area contributed by atoms with Crippen LogP contribution >= 0.6 is 0 Å². The Bertz CT molecular complexity index is 267. The van der Waals surface area contributed by atoms with Crippen LogP contribution in [0.3, 0.4) is 0 Å². The molecule has 0 aromatic carbocycles. The molecule has 13 heavy (non-hydrogen) atoms. The van der Waals surface area contributed by atoms with E-state index < -0.39 is 11.4 Å². The number of rotatable bonds is 2. The monoisotopic (exact) mass is 180 g/mol. The van der Waals surface area contributed by atoms with Gasteiger partial charge in [-0.25, -0.2) is 0 Å². The maximum absolute atomic E-state index is 11.3. The van der Waals surface area contributed by atoms with E-state index in [2.05, 4.69) is 12.2 Å². The Labute approximate surface area is 78.6 Å². The number of hydrogen-bond donors (Lipinski definition) is 1. The molecule has 72 valence electrons. The molecule has 0 aromatic rings. The normalized spacial score (nSPS) is 41.8. The number of carboxylic acid groups (broad SMARTS) is 1. The quantitative estimate of drug-likeness (QED) is 0.662. The van der Waals surface area contributed by atoms with E-state index >= 15 is 0 Å². The fourth-order valence-electron chi connectivity index (χ4n) is 3.05. The Morgan fingerprint density at radius 1 is 1.54 bits per heavy atom. The lowest BCUT2D eigenvalue weighted by Crippen LogP contribution is -2.39. The van der Waals surface area contributed by atoms with Gasteiger partial charge in [0.25, 0.3) is 0 Å². The summed E-state index contributed by atoms with van der Waals surface area (Å²) in [5, 5.41) is 9.32. The molecule has 1 fully saturated rings. The number of carbonyl (C=O) groups is 1. The SMILES string of the molecule is CC(C)[C@]1(C(=O)O)C[C@@H]2C=C[C@H]1C2. The van der Waals surface area contributed by atoms with E-state index in [4.69, 9.17) is 0 Å². The van der Waals surface area contributed by atoms with Crippen molar-refractivity contribution in [2.24, 2.45) is 23.2 Å². The molecular weight excluding hydrogens is 164 g/mol. The fourth-order valence-corrected chi connectivity index (χ4v) is 3.05. The topological polar surface area (TPSA) is 37.3 Å². The lowest BCUT2D eigenvalue weighted by Gasteiger charge is -2.34. The van der Waals surface area contributed by atoms with Gasteiger partial charge in [-0.15, -0.1) is 0 Å². The first-order valence-corrected chi connectivity index (χ1v) is 4.99. The van der Waals surface area contributed by atoms with Gasteiger partial charge in [-0.05, 0) is 30.6 Å². The number of allylic oxidation sites excluding steroid dienone is 2. The highest BCUT2D eigenvalue weighted by Gasteiger charge is 2.55. The minimum Gasteiger partial charge on any atom is -0.481 e. The van der Waals surface area contributed by atoms with Gasteiger partial charge in [-0.3, -0.25) is 4.79 Å². The second-order valence-electron chi connectivity index (χ2n) is 4.69. The molecule has 2 aliphatic carbocycles. The van der Waals surface area contributed by atoms with E-state index in [0.29, 0.717) is 5.92 Å². The average molecular weight is 180 g/mol. The molecule has 2 heteroatoms. The molecule has 2 bridgehead atoms. The van der Waals surface area contributed by atoms with Gasteiger partial charge < -0.3 is 5.11 Å². The summed E-state index contributed by atoms with van der Waals surface area (Å²) in [6.45, 7) is 4.06. The summed E-state index contributed by atoms with van der Waals surface area (Å²) < 4.78 is 0. The Balaban J connectivity index is 2.36. The first-order valence-electron chi connectivity index (χ1n) is 4.99. The summed E-state index contributed by atoms with van der Waals surface area (Å²) in [4.78, 5) is 11.3. The highest BCUT2D eigenvalue weighted by atomic mass is 16.4. The second-order valence-corrected chi connectivity index (χ2v) is 4.69. The Morgan fingerprint density at radius 3 is 2.46 bits per heavy atom. The number of carboxylic acids is 1. The maximum atomic E-state index is 11.3. The van der Waals surface area contributed by atoms with Gasteiger partial charge in [-0.2, -0.15) is 0 Å². The van der Waals surface area contributed by atoms with Crippen LogP contribution in [0.2, 0.25) is 0 Å². The zero-order chi connectivity index (χ0) is 9.64. The standard InChI is InChI=1S/C11H16O2/c1-7(2)11(10(12)13)6-8-3-4-9(11)5-8/h3-4,7-9H,5-6H2,1-2H3,(H,12,13)/t8-,9+,11-/m1/s1. The van der Waals surface area contributed by atoms with Gasteiger partial charge in [0, 0.05) is 0 Å². The van der Waals surface area contributed by atoms with Gasteiger partial charge in [0.15, 0.2) is 0 Å². The van der Waals surface area contributed by atoms with Gasteiger partial charge >= 0.3 is 5.97 Å². The molecule has 3 atom stereocenters. The van der Waals surface area contributed by atoms with Gasteiger partial charge in [0.1, 0.15) is 0 Å².